The fourth-order valence-electron chi connectivity index (χ4n) is 3.01. The van der Waals surface area contributed by atoms with Crippen LogP contribution in [0, 0.1) is 0 Å². The zero-order valence-corrected chi connectivity index (χ0v) is 18.7. The van der Waals surface area contributed by atoms with E-state index in [1.807, 2.05) is 18.2 Å². The van der Waals surface area contributed by atoms with Gasteiger partial charge in [0, 0.05) is 25.0 Å². The number of aliphatic imine (C=N–C) groups is 1. The van der Waals surface area contributed by atoms with Gasteiger partial charge in [-0.05, 0) is 64.8 Å². The van der Waals surface area contributed by atoms with Crippen LogP contribution in [0.2, 0.25) is 0 Å². The summed E-state index contributed by atoms with van der Waals surface area (Å²) in [7, 11) is 1.55. The lowest BCUT2D eigenvalue weighted by Crippen LogP contribution is -2.36. The number of nitrogens with zero attached hydrogens (tertiary/aromatic N) is 2. The Labute approximate surface area is 184 Å². The highest BCUT2D eigenvalue weighted by Gasteiger charge is 2.14. The van der Waals surface area contributed by atoms with Gasteiger partial charge in [0.2, 0.25) is 0 Å². The van der Waals surface area contributed by atoms with Crippen molar-refractivity contribution in [2.75, 3.05) is 51.5 Å². The second-order valence-corrected chi connectivity index (χ2v) is 7.36. The molecule has 0 N–H and O–H groups in total. The van der Waals surface area contributed by atoms with Gasteiger partial charge in [0.1, 0.15) is 0 Å². The molecule has 0 spiro atoms. The quantitative estimate of drug-likeness (QED) is 0.423. The van der Waals surface area contributed by atoms with Gasteiger partial charge >= 0.3 is 5.97 Å². The second kappa shape index (κ2) is 11.0. The van der Waals surface area contributed by atoms with Crippen molar-refractivity contribution in [1.82, 2.24) is 0 Å². The molecule has 0 amide bonds. The molecule has 1 aliphatic heterocycles. The Bertz CT molecular complexity index is 880. The predicted octanol–water partition coefficient (Wildman–Crippen LogP) is 3.99. The van der Waals surface area contributed by atoms with Crippen LogP contribution in [-0.4, -0.2) is 58.8 Å². The normalized spacial score (nSPS) is 14.0. The highest BCUT2D eigenvalue weighted by Crippen LogP contribution is 2.36. The Morgan fingerprint density at radius 2 is 1.97 bits per heavy atom. The molecule has 0 atom stereocenters. The zero-order chi connectivity index (χ0) is 21.3. The van der Waals surface area contributed by atoms with Crippen molar-refractivity contribution in [2.24, 2.45) is 4.99 Å². The number of methoxy groups -OCH3 is 1. The first-order valence-electron chi connectivity index (χ1n) is 9.73. The molecule has 1 aliphatic rings. The molecule has 160 valence electrons. The lowest BCUT2D eigenvalue weighted by molar-refractivity contribution is -0.145. The molecule has 1 heterocycles. The van der Waals surface area contributed by atoms with Crippen molar-refractivity contribution in [2.45, 2.75) is 6.92 Å². The SMILES string of the molecule is CCOC(=O)COc1c(Br)cc(C=Nc2ccc(N3CCOCC3)cc2)cc1OC. The van der Waals surface area contributed by atoms with Crippen molar-refractivity contribution in [1.29, 1.82) is 0 Å². The highest BCUT2D eigenvalue weighted by atomic mass is 79.9. The summed E-state index contributed by atoms with van der Waals surface area (Å²) in [5.74, 6) is 0.507. The van der Waals surface area contributed by atoms with Crippen LogP contribution in [0.4, 0.5) is 11.4 Å². The van der Waals surface area contributed by atoms with Gasteiger partial charge in [-0.15, -0.1) is 0 Å². The topological polar surface area (TPSA) is 69.6 Å². The smallest absolute Gasteiger partial charge is 0.344 e. The van der Waals surface area contributed by atoms with Crippen LogP contribution >= 0.6 is 15.9 Å². The molecule has 3 rings (SSSR count). The molecule has 7 nitrogen and oxygen atoms in total. The molecule has 8 heteroatoms. The fourth-order valence-corrected chi connectivity index (χ4v) is 3.58. The molecule has 2 aromatic rings. The van der Waals surface area contributed by atoms with E-state index in [2.05, 4.69) is 38.0 Å². The molecule has 2 aromatic carbocycles. The fraction of sp³-hybridized carbons (Fsp3) is 0.364. The number of benzene rings is 2. The number of hydrogen-bond donors (Lipinski definition) is 0. The summed E-state index contributed by atoms with van der Waals surface area (Å²) in [6.45, 7) is 5.20. The highest BCUT2D eigenvalue weighted by molar-refractivity contribution is 9.10. The summed E-state index contributed by atoms with van der Waals surface area (Å²) in [5.41, 5.74) is 2.86. The maximum absolute atomic E-state index is 11.5. The summed E-state index contributed by atoms with van der Waals surface area (Å²) >= 11 is 3.47. The number of esters is 1. The van der Waals surface area contributed by atoms with Crippen molar-refractivity contribution >= 4 is 39.5 Å². The van der Waals surface area contributed by atoms with Gasteiger partial charge in [-0.2, -0.15) is 0 Å². The van der Waals surface area contributed by atoms with E-state index in [1.165, 1.54) is 5.69 Å². The Morgan fingerprint density at radius 3 is 2.63 bits per heavy atom. The van der Waals surface area contributed by atoms with Gasteiger partial charge in [0.05, 0.1) is 37.1 Å². The summed E-state index contributed by atoms with van der Waals surface area (Å²) in [6, 6.07) is 11.8. The minimum atomic E-state index is -0.433. The average molecular weight is 477 g/mol. The van der Waals surface area contributed by atoms with Crippen LogP contribution in [0.25, 0.3) is 0 Å². The van der Waals surface area contributed by atoms with Crippen molar-refractivity contribution in [3.8, 4) is 11.5 Å². The van der Waals surface area contributed by atoms with E-state index >= 15 is 0 Å². The van der Waals surface area contributed by atoms with E-state index in [-0.39, 0.29) is 6.61 Å². The predicted molar refractivity (Wildman–Crippen MR) is 120 cm³/mol. The summed E-state index contributed by atoms with van der Waals surface area (Å²) in [5, 5.41) is 0. The number of carbonyl (C=O) groups is 1. The molecule has 0 bridgehead atoms. The Morgan fingerprint density at radius 1 is 1.23 bits per heavy atom. The molecule has 0 unspecified atom stereocenters. The molecular weight excluding hydrogens is 452 g/mol. The van der Waals surface area contributed by atoms with Crippen LogP contribution in [0.3, 0.4) is 0 Å². The van der Waals surface area contributed by atoms with Crippen LogP contribution in [-0.2, 0) is 14.3 Å². The van der Waals surface area contributed by atoms with Gasteiger partial charge < -0.3 is 23.8 Å². The summed E-state index contributed by atoms with van der Waals surface area (Å²) in [4.78, 5) is 18.4. The van der Waals surface area contributed by atoms with Crippen LogP contribution in [0.1, 0.15) is 12.5 Å². The standard InChI is InChI=1S/C22H25BrN2O5/c1-3-29-21(26)15-30-22-19(23)12-16(13-20(22)27-2)14-24-17-4-6-18(7-5-17)25-8-10-28-11-9-25/h4-7,12-14H,3,8-11,15H2,1-2H3. The molecule has 0 aliphatic carbocycles. The molecule has 1 saturated heterocycles. The molecular formula is C22H25BrN2O5. The first-order chi connectivity index (χ1) is 14.6. The number of anilines is 1. The van der Waals surface area contributed by atoms with E-state index in [0.717, 1.165) is 37.6 Å². The Balaban J connectivity index is 1.69. The van der Waals surface area contributed by atoms with E-state index in [4.69, 9.17) is 18.9 Å². The van der Waals surface area contributed by atoms with Gasteiger partial charge in [-0.25, -0.2) is 4.79 Å². The van der Waals surface area contributed by atoms with E-state index in [1.54, 1.807) is 26.3 Å². The summed E-state index contributed by atoms with van der Waals surface area (Å²) < 4.78 is 21.9. The monoisotopic (exact) mass is 476 g/mol. The molecule has 0 saturated carbocycles. The van der Waals surface area contributed by atoms with Crippen LogP contribution in [0.15, 0.2) is 45.9 Å². The van der Waals surface area contributed by atoms with Crippen molar-refractivity contribution in [3.63, 3.8) is 0 Å². The zero-order valence-electron chi connectivity index (χ0n) is 17.1. The summed E-state index contributed by atoms with van der Waals surface area (Å²) in [6.07, 6.45) is 1.76. The van der Waals surface area contributed by atoms with Gasteiger partial charge in [-0.1, -0.05) is 0 Å². The van der Waals surface area contributed by atoms with Gasteiger partial charge in [-0.3, -0.25) is 4.99 Å². The third-order valence-corrected chi connectivity index (χ3v) is 5.07. The molecule has 0 aromatic heterocycles. The third-order valence-electron chi connectivity index (χ3n) is 4.48. The number of ether oxygens (including phenoxy) is 4. The van der Waals surface area contributed by atoms with E-state index in [0.29, 0.717) is 22.6 Å². The minimum Gasteiger partial charge on any atom is -0.493 e. The van der Waals surface area contributed by atoms with Gasteiger partial charge in [0.15, 0.2) is 18.1 Å². The van der Waals surface area contributed by atoms with E-state index in [9.17, 15) is 4.79 Å². The lowest BCUT2D eigenvalue weighted by atomic mass is 10.2. The van der Waals surface area contributed by atoms with Crippen LogP contribution in [0.5, 0.6) is 11.5 Å². The second-order valence-electron chi connectivity index (χ2n) is 6.50. The Kier molecular flexibility index (Phi) is 8.10. The largest absolute Gasteiger partial charge is 0.493 e. The molecule has 30 heavy (non-hydrogen) atoms. The number of carbonyl (C=O) groups excluding carboxylic acids is 1. The van der Waals surface area contributed by atoms with Gasteiger partial charge in [0.25, 0.3) is 0 Å². The van der Waals surface area contributed by atoms with Crippen LogP contribution < -0.4 is 14.4 Å². The number of morpholine rings is 1. The maximum Gasteiger partial charge on any atom is 0.344 e. The molecule has 1 fully saturated rings. The Hall–Kier alpha value is -2.58. The maximum atomic E-state index is 11.5. The number of rotatable bonds is 8. The first kappa shape index (κ1) is 22.1. The lowest BCUT2D eigenvalue weighted by Gasteiger charge is -2.28. The third kappa shape index (κ3) is 5.96. The molecule has 0 radical (unpaired) electrons. The average Bonchev–Trinajstić information content (AvgIpc) is 2.77. The van der Waals surface area contributed by atoms with Crippen molar-refractivity contribution in [3.05, 3.63) is 46.4 Å². The minimum absolute atomic E-state index is 0.189. The first-order valence-corrected chi connectivity index (χ1v) is 10.5. The number of halogens is 1. The number of hydrogen-bond acceptors (Lipinski definition) is 7. The van der Waals surface area contributed by atoms with E-state index < -0.39 is 5.97 Å². The van der Waals surface area contributed by atoms with Crippen molar-refractivity contribution < 1.29 is 23.7 Å².